The zero-order valence-corrected chi connectivity index (χ0v) is 17.9. The lowest BCUT2D eigenvalue weighted by atomic mass is 10.1. The minimum Gasteiger partial charge on any atom is -0.482 e. The van der Waals surface area contributed by atoms with Crippen molar-refractivity contribution in [3.8, 4) is 5.75 Å². The molecule has 0 aromatic heterocycles. The molecule has 0 saturated heterocycles. The van der Waals surface area contributed by atoms with E-state index in [1.165, 1.54) is 0 Å². The largest absolute Gasteiger partial charge is 0.482 e. The topological polar surface area (TPSA) is 50.4 Å². The molecule has 2 N–H and O–H groups in total. The molecule has 3 aromatic rings. The lowest BCUT2D eigenvalue weighted by Crippen LogP contribution is -2.20. The van der Waals surface area contributed by atoms with Gasteiger partial charge in [0.25, 0.3) is 5.91 Å². The van der Waals surface area contributed by atoms with Crippen molar-refractivity contribution in [2.75, 3.05) is 17.2 Å². The summed E-state index contributed by atoms with van der Waals surface area (Å²) in [5.41, 5.74) is 3.58. The number of carbonyl (C=O) groups excluding carboxylic acids is 1. The Labute approximate surface area is 184 Å². The summed E-state index contributed by atoms with van der Waals surface area (Å²) in [7, 11) is 0. The number of amides is 1. The van der Waals surface area contributed by atoms with Gasteiger partial charge in [-0.15, -0.1) is 0 Å². The molecule has 0 radical (unpaired) electrons. The summed E-state index contributed by atoms with van der Waals surface area (Å²) in [6.45, 7) is 2.39. The monoisotopic (exact) mass is 448 g/mol. The van der Waals surface area contributed by atoms with Crippen LogP contribution >= 0.6 is 34.8 Å². The number of benzene rings is 3. The fraction of sp³-hybridized carbons (Fsp3) is 0.136. The summed E-state index contributed by atoms with van der Waals surface area (Å²) in [5, 5.41) is 7.83. The molecule has 0 heterocycles. The van der Waals surface area contributed by atoms with Gasteiger partial charge in [0.2, 0.25) is 0 Å². The molecule has 0 atom stereocenters. The fourth-order valence-corrected chi connectivity index (χ4v) is 3.20. The van der Waals surface area contributed by atoms with E-state index >= 15 is 0 Å². The molecule has 0 aliphatic heterocycles. The molecular formula is C22H19Cl3N2O2. The summed E-state index contributed by atoms with van der Waals surface area (Å²) >= 11 is 18.3. The van der Waals surface area contributed by atoms with E-state index in [0.29, 0.717) is 33.0 Å². The second-order valence-corrected chi connectivity index (χ2v) is 7.63. The molecule has 4 nitrogen and oxygen atoms in total. The number of rotatable bonds is 7. The third kappa shape index (κ3) is 6.04. The third-order valence-electron chi connectivity index (χ3n) is 4.23. The highest BCUT2D eigenvalue weighted by molar-refractivity contribution is 6.32. The quantitative estimate of drug-likeness (QED) is 0.428. The Morgan fingerprint density at radius 3 is 2.45 bits per heavy atom. The standard InChI is InChI=1S/C22H19Cl3N2O2/c1-14-18(24)3-2-4-20(14)26-12-15-5-10-21(19(25)11-15)29-13-22(28)27-17-8-6-16(23)7-9-17/h2-11,26H,12-13H2,1H3,(H,27,28). The Kier molecular flexibility index (Phi) is 7.26. The minimum absolute atomic E-state index is 0.151. The van der Waals surface area contributed by atoms with Gasteiger partial charge in [0.15, 0.2) is 6.61 Å². The van der Waals surface area contributed by atoms with Crippen molar-refractivity contribution < 1.29 is 9.53 Å². The van der Waals surface area contributed by atoms with Crippen LogP contribution in [0.2, 0.25) is 15.1 Å². The van der Waals surface area contributed by atoms with Gasteiger partial charge in [0, 0.05) is 28.0 Å². The molecule has 3 aromatic carbocycles. The van der Waals surface area contributed by atoms with Gasteiger partial charge >= 0.3 is 0 Å². The number of halogens is 3. The van der Waals surface area contributed by atoms with Gasteiger partial charge in [-0.25, -0.2) is 0 Å². The van der Waals surface area contributed by atoms with Gasteiger partial charge in [0.1, 0.15) is 5.75 Å². The number of anilines is 2. The molecule has 150 valence electrons. The fourth-order valence-electron chi connectivity index (χ4n) is 2.64. The first kappa shape index (κ1) is 21.3. The van der Waals surface area contributed by atoms with Crippen molar-refractivity contribution in [1.82, 2.24) is 0 Å². The average molecular weight is 450 g/mol. The number of hydrogen-bond donors (Lipinski definition) is 2. The molecular weight excluding hydrogens is 431 g/mol. The first-order chi connectivity index (χ1) is 13.9. The summed E-state index contributed by atoms with van der Waals surface area (Å²) in [4.78, 5) is 12.0. The molecule has 0 bridgehead atoms. The second-order valence-electron chi connectivity index (χ2n) is 6.37. The Morgan fingerprint density at radius 2 is 1.72 bits per heavy atom. The molecule has 0 unspecified atom stereocenters. The van der Waals surface area contributed by atoms with Crippen molar-refractivity contribution in [3.63, 3.8) is 0 Å². The molecule has 0 fully saturated rings. The SMILES string of the molecule is Cc1c(Cl)cccc1NCc1ccc(OCC(=O)Nc2ccc(Cl)cc2)c(Cl)c1. The van der Waals surface area contributed by atoms with Crippen LogP contribution in [0.4, 0.5) is 11.4 Å². The van der Waals surface area contributed by atoms with Gasteiger partial charge in [-0.05, 0) is 66.6 Å². The highest BCUT2D eigenvalue weighted by Crippen LogP contribution is 2.27. The zero-order valence-electron chi connectivity index (χ0n) is 15.6. The first-order valence-corrected chi connectivity index (χ1v) is 10.0. The van der Waals surface area contributed by atoms with Crippen molar-refractivity contribution in [1.29, 1.82) is 0 Å². The Hall–Kier alpha value is -2.40. The summed E-state index contributed by atoms with van der Waals surface area (Å²) < 4.78 is 5.54. The molecule has 1 amide bonds. The van der Waals surface area contributed by atoms with E-state index in [-0.39, 0.29) is 12.5 Å². The van der Waals surface area contributed by atoms with Crippen LogP contribution in [-0.4, -0.2) is 12.5 Å². The summed E-state index contributed by atoms with van der Waals surface area (Å²) in [5.74, 6) is 0.158. The summed E-state index contributed by atoms with van der Waals surface area (Å²) in [6.07, 6.45) is 0. The zero-order chi connectivity index (χ0) is 20.8. The van der Waals surface area contributed by atoms with Crippen molar-refractivity contribution in [2.45, 2.75) is 13.5 Å². The number of nitrogens with one attached hydrogen (secondary N) is 2. The maximum Gasteiger partial charge on any atom is 0.262 e. The minimum atomic E-state index is -0.287. The van der Waals surface area contributed by atoms with Crippen LogP contribution < -0.4 is 15.4 Å². The first-order valence-electron chi connectivity index (χ1n) is 8.88. The van der Waals surface area contributed by atoms with Gasteiger partial charge in [-0.2, -0.15) is 0 Å². The maximum atomic E-state index is 12.0. The van der Waals surface area contributed by atoms with E-state index in [4.69, 9.17) is 39.5 Å². The molecule has 0 aliphatic carbocycles. The normalized spacial score (nSPS) is 10.5. The van der Waals surface area contributed by atoms with Gasteiger partial charge < -0.3 is 15.4 Å². The lowest BCUT2D eigenvalue weighted by molar-refractivity contribution is -0.118. The third-order valence-corrected chi connectivity index (χ3v) is 5.19. The van der Waals surface area contributed by atoms with E-state index in [0.717, 1.165) is 16.8 Å². The Bertz CT molecular complexity index is 1010. The predicted octanol–water partition coefficient (Wildman–Crippen LogP) is 6.58. The predicted molar refractivity (Wildman–Crippen MR) is 121 cm³/mol. The van der Waals surface area contributed by atoms with Crippen molar-refractivity contribution in [2.24, 2.45) is 0 Å². The molecule has 29 heavy (non-hydrogen) atoms. The lowest BCUT2D eigenvalue weighted by Gasteiger charge is -2.13. The molecule has 0 spiro atoms. The number of carbonyl (C=O) groups is 1. The molecule has 3 rings (SSSR count). The van der Waals surface area contributed by atoms with Crippen LogP contribution in [0.1, 0.15) is 11.1 Å². The Balaban J connectivity index is 1.54. The van der Waals surface area contributed by atoms with Gasteiger partial charge in [-0.1, -0.05) is 46.9 Å². The van der Waals surface area contributed by atoms with Crippen LogP contribution in [0.15, 0.2) is 60.7 Å². The van der Waals surface area contributed by atoms with Gasteiger partial charge in [0.05, 0.1) is 5.02 Å². The number of hydrogen-bond acceptors (Lipinski definition) is 3. The van der Waals surface area contributed by atoms with Crippen molar-refractivity contribution >= 4 is 52.1 Å². The highest BCUT2D eigenvalue weighted by atomic mass is 35.5. The number of ether oxygens (including phenoxy) is 1. The van der Waals surface area contributed by atoms with Crippen LogP contribution in [0.5, 0.6) is 5.75 Å². The van der Waals surface area contributed by atoms with E-state index in [1.807, 2.05) is 31.2 Å². The van der Waals surface area contributed by atoms with Crippen LogP contribution in [0.25, 0.3) is 0 Å². The summed E-state index contributed by atoms with van der Waals surface area (Å²) in [6, 6.07) is 18.0. The highest BCUT2D eigenvalue weighted by Gasteiger charge is 2.08. The van der Waals surface area contributed by atoms with E-state index in [2.05, 4.69) is 10.6 Å². The molecule has 0 saturated carbocycles. The molecule has 7 heteroatoms. The van der Waals surface area contributed by atoms with Gasteiger partial charge in [-0.3, -0.25) is 4.79 Å². The van der Waals surface area contributed by atoms with Crippen LogP contribution in [-0.2, 0) is 11.3 Å². The van der Waals surface area contributed by atoms with E-state index in [1.54, 1.807) is 36.4 Å². The van der Waals surface area contributed by atoms with Crippen LogP contribution in [0, 0.1) is 6.92 Å². The average Bonchev–Trinajstić information content (AvgIpc) is 2.70. The second kappa shape index (κ2) is 9.88. The molecule has 0 aliphatic rings. The van der Waals surface area contributed by atoms with E-state index in [9.17, 15) is 4.79 Å². The van der Waals surface area contributed by atoms with E-state index < -0.39 is 0 Å². The Morgan fingerprint density at radius 1 is 0.966 bits per heavy atom. The van der Waals surface area contributed by atoms with Crippen molar-refractivity contribution in [3.05, 3.63) is 86.9 Å². The maximum absolute atomic E-state index is 12.0. The smallest absolute Gasteiger partial charge is 0.262 e. The van der Waals surface area contributed by atoms with Crippen LogP contribution in [0.3, 0.4) is 0 Å².